The summed E-state index contributed by atoms with van der Waals surface area (Å²) in [6.07, 6.45) is -1.31. The summed E-state index contributed by atoms with van der Waals surface area (Å²) < 4.78 is 14.9. The molecular weight excluding hydrogens is 224 g/mol. The fraction of sp³-hybridized carbons (Fsp3) is 0.417. The number of ether oxygens (including phenoxy) is 3. The molecule has 0 bridgehead atoms. The van der Waals surface area contributed by atoms with E-state index in [-0.39, 0.29) is 6.61 Å². The predicted molar refractivity (Wildman–Crippen MR) is 61.1 cm³/mol. The van der Waals surface area contributed by atoms with Crippen LogP contribution >= 0.6 is 0 Å². The molecule has 0 fully saturated rings. The van der Waals surface area contributed by atoms with Crippen molar-refractivity contribution in [2.45, 2.75) is 13.0 Å². The highest BCUT2D eigenvalue weighted by atomic mass is 16.5. The zero-order valence-electron chi connectivity index (χ0n) is 10.1. The van der Waals surface area contributed by atoms with Gasteiger partial charge in [-0.1, -0.05) is 6.07 Å². The van der Waals surface area contributed by atoms with Gasteiger partial charge in [0.2, 0.25) is 0 Å². The van der Waals surface area contributed by atoms with Crippen molar-refractivity contribution < 1.29 is 24.1 Å². The number of hydrogen-bond donors (Lipinski definition) is 1. The topological polar surface area (TPSA) is 65.0 Å². The molecule has 5 heteroatoms. The average Bonchev–Trinajstić information content (AvgIpc) is 2.37. The molecule has 0 unspecified atom stereocenters. The molecule has 1 rings (SSSR count). The molecule has 0 amide bonds. The number of hydrogen-bond acceptors (Lipinski definition) is 5. The van der Waals surface area contributed by atoms with Crippen LogP contribution in [0.25, 0.3) is 0 Å². The summed E-state index contributed by atoms with van der Waals surface area (Å²) in [5.41, 5.74) is 0.404. The van der Waals surface area contributed by atoms with E-state index in [9.17, 15) is 9.90 Å². The first-order chi connectivity index (χ1) is 8.13. The second-order valence-corrected chi connectivity index (χ2v) is 3.27. The Kier molecular flexibility index (Phi) is 4.78. The van der Waals surface area contributed by atoms with Crippen LogP contribution < -0.4 is 9.47 Å². The van der Waals surface area contributed by atoms with Crippen molar-refractivity contribution in [2.24, 2.45) is 0 Å². The molecule has 0 saturated carbocycles. The SMILES string of the molecule is CCOC(=O)[C@H](O)c1ccc(OC)c(OC)c1. The molecule has 0 spiro atoms. The number of aliphatic hydroxyl groups is 1. The van der Waals surface area contributed by atoms with Crippen molar-refractivity contribution in [3.05, 3.63) is 23.8 Å². The van der Waals surface area contributed by atoms with Gasteiger partial charge in [-0.2, -0.15) is 0 Å². The number of rotatable bonds is 5. The smallest absolute Gasteiger partial charge is 0.339 e. The standard InChI is InChI=1S/C12H16O5/c1-4-17-12(14)11(13)8-5-6-9(15-2)10(7-8)16-3/h5-7,11,13H,4H2,1-3H3/t11-/m1/s1. The normalized spacial score (nSPS) is 11.8. The van der Waals surface area contributed by atoms with E-state index in [4.69, 9.17) is 14.2 Å². The van der Waals surface area contributed by atoms with Crippen molar-refractivity contribution in [1.82, 2.24) is 0 Å². The minimum atomic E-state index is -1.31. The number of carbonyl (C=O) groups is 1. The van der Waals surface area contributed by atoms with Crippen molar-refractivity contribution >= 4 is 5.97 Å². The molecule has 5 nitrogen and oxygen atoms in total. The number of aliphatic hydroxyl groups excluding tert-OH is 1. The van der Waals surface area contributed by atoms with Gasteiger partial charge in [-0.25, -0.2) is 4.79 Å². The van der Waals surface area contributed by atoms with Gasteiger partial charge in [-0.05, 0) is 24.6 Å². The Labute approximate surface area is 99.9 Å². The van der Waals surface area contributed by atoms with Gasteiger partial charge in [0, 0.05) is 0 Å². The summed E-state index contributed by atoms with van der Waals surface area (Å²) in [6, 6.07) is 4.75. The molecule has 0 aromatic heterocycles. The van der Waals surface area contributed by atoms with Crippen molar-refractivity contribution in [3.8, 4) is 11.5 Å². The van der Waals surface area contributed by atoms with Gasteiger partial charge >= 0.3 is 5.97 Å². The fourth-order valence-electron chi connectivity index (χ4n) is 1.38. The van der Waals surface area contributed by atoms with Gasteiger partial charge in [-0.3, -0.25) is 0 Å². The van der Waals surface area contributed by atoms with Crippen LogP contribution in [-0.4, -0.2) is 31.9 Å². The molecule has 17 heavy (non-hydrogen) atoms. The first-order valence-electron chi connectivity index (χ1n) is 5.20. The second kappa shape index (κ2) is 6.10. The second-order valence-electron chi connectivity index (χ2n) is 3.27. The minimum Gasteiger partial charge on any atom is -0.493 e. The van der Waals surface area contributed by atoms with Crippen LogP contribution in [0.2, 0.25) is 0 Å². The Balaban J connectivity index is 2.95. The van der Waals surface area contributed by atoms with Crippen LogP contribution in [0.4, 0.5) is 0 Å². The van der Waals surface area contributed by atoms with E-state index in [1.165, 1.54) is 14.2 Å². The van der Waals surface area contributed by atoms with Crippen LogP contribution in [-0.2, 0) is 9.53 Å². The monoisotopic (exact) mass is 240 g/mol. The molecule has 1 atom stereocenters. The Hall–Kier alpha value is -1.75. The summed E-state index contributed by atoms with van der Waals surface area (Å²) in [5, 5.41) is 9.73. The molecule has 1 aromatic carbocycles. The maximum atomic E-state index is 11.4. The molecule has 0 heterocycles. The number of benzene rings is 1. The summed E-state index contributed by atoms with van der Waals surface area (Å²) in [6.45, 7) is 1.91. The molecule has 0 aliphatic carbocycles. The lowest BCUT2D eigenvalue weighted by Gasteiger charge is -2.13. The van der Waals surface area contributed by atoms with Crippen molar-refractivity contribution in [3.63, 3.8) is 0 Å². The zero-order chi connectivity index (χ0) is 12.8. The van der Waals surface area contributed by atoms with Gasteiger partial charge in [0.25, 0.3) is 0 Å². The molecule has 1 aromatic rings. The molecule has 0 saturated heterocycles. The molecular formula is C12H16O5. The van der Waals surface area contributed by atoms with Gasteiger partial charge < -0.3 is 19.3 Å². The Morgan fingerprint density at radius 3 is 2.47 bits per heavy atom. The molecule has 0 radical (unpaired) electrons. The lowest BCUT2D eigenvalue weighted by atomic mass is 10.1. The van der Waals surface area contributed by atoms with Crippen LogP contribution in [0.1, 0.15) is 18.6 Å². The van der Waals surface area contributed by atoms with E-state index in [0.717, 1.165) is 0 Å². The van der Waals surface area contributed by atoms with Crippen molar-refractivity contribution in [2.75, 3.05) is 20.8 Å². The summed E-state index contributed by atoms with van der Waals surface area (Å²) in [7, 11) is 3.00. The van der Waals surface area contributed by atoms with E-state index in [1.54, 1.807) is 25.1 Å². The quantitative estimate of drug-likeness (QED) is 0.786. The van der Waals surface area contributed by atoms with E-state index in [0.29, 0.717) is 17.1 Å². The van der Waals surface area contributed by atoms with Gasteiger partial charge in [0.15, 0.2) is 17.6 Å². The lowest BCUT2D eigenvalue weighted by Crippen LogP contribution is -2.15. The Morgan fingerprint density at radius 1 is 1.29 bits per heavy atom. The number of carbonyl (C=O) groups excluding carboxylic acids is 1. The Bertz CT molecular complexity index is 388. The molecule has 0 aliphatic rings. The first kappa shape index (κ1) is 13.3. The van der Waals surface area contributed by atoms with E-state index in [1.807, 2.05) is 0 Å². The first-order valence-corrected chi connectivity index (χ1v) is 5.20. The molecule has 0 aliphatic heterocycles. The number of methoxy groups -OCH3 is 2. The maximum absolute atomic E-state index is 11.4. The maximum Gasteiger partial charge on any atom is 0.339 e. The van der Waals surface area contributed by atoms with Gasteiger partial charge in [0.05, 0.1) is 20.8 Å². The third kappa shape index (κ3) is 3.10. The largest absolute Gasteiger partial charge is 0.493 e. The summed E-state index contributed by atoms with van der Waals surface area (Å²) in [5.74, 6) is 0.306. The Morgan fingerprint density at radius 2 is 1.94 bits per heavy atom. The highest BCUT2D eigenvalue weighted by molar-refractivity contribution is 5.76. The van der Waals surface area contributed by atoms with Crippen LogP contribution in [0.3, 0.4) is 0 Å². The van der Waals surface area contributed by atoms with Crippen LogP contribution in [0.5, 0.6) is 11.5 Å². The summed E-state index contributed by atoms with van der Waals surface area (Å²) in [4.78, 5) is 11.4. The third-order valence-corrected chi connectivity index (χ3v) is 2.23. The van der Waals surface area contributed by atoms with Crippen LogP contribution in [0.15, 0.2) is 18.2 Å². The summed E-state index contributed by atoms with van der Waals surface area (Å²) >= 11 is 0. The minimum absolute atomic E-state index is 0.225. The van der Waals surface area contributed by atoms with Crippen LogP contribution in [0, 0.1) is 0 Å². The highest BCUT2D eigenvalue weighted by Crippen LogP contribution is 2.30. The van der Waals surface area contributed by atoms with E-state index in [2.05, 4.69) is 0 Å². The zero-order valence-corrected chi connectivity index (χ0v) is 10.1. The fourth-order valence-corrected chi connectivity index (χ4v) is 1.38. The molecule has 94 valence electrons. The van der Waals surface area contributed by atoms with Crippen molar-refractivity contribution in [1.29, 1.82) is 0 Å². The average molecular weight is 240 g/mol. The van der Waals surface area contributed by atoms with Gasteiger partial charge in [0.1, 0.15) is 0 Å². The third-order valence-electron chi connectivity index (χ3n) is 2.23. The molecule has 1 N–H and O–H groups in total. The number of esters is 1. The van der Waals surface area contributed by atoms with E-state index < -0.39 is 12.1 Å². The van der Waals surface area contributed by atoms with Gasteiger partial charge in [-0.15, -0.1) is 0 Å². The lowest BCUT2D eigenvalue weighted by molar-refractivity contribution is -0.153. The van der Waals surface area contributed by atoms with E-state index >= 15 is 0 Å². The predicted octanol–water partition coefficient (Wildman–Crippen LogP) is 1.30. The highest BCUT2D eigenvalue weighted by Gasteiger charge is 2.20.